The standard InChI is InChI=1S/C15H22N2O3/c1-3-16-6-8-17(9-7-16)14(15(19)20)12-10-11(2)4-5-13(12)18/h4-5,10,14,18H,3,6-9H2,1-2H3,(H,19,20). The van der Waals surface area contributed by atoms with Crippen LogP contribution in [0.3, 0.4) is 0 Å². The van der Waals surface area contributed by atoms with Gasteiger partial charge in [-0.25, -0.2) is 0 Å². The molecule has 0 spiro atoms. The number of aromatic hydroxyl groups is 1. The number of likely N-dealkylation sites (N-methyl/N-ethyl adjacent to an activating group) is 1. The van der Waals surface area contributed by atoms with E-state index in [-0.39, 0.29) is 5.75 Å². The van der Waals surface area contributed by atoms with E-state index < -0.39 is 12.0 Å². The van der Waals surface area contributed by atoms with Crippen molar-refractivity contribution in [2.75, 3.05) is 32.7 Å². The Balaban J connectivity index is 2.24. The summed E-state index contributed by atoms with van der Waals surface area (Å²) in [7, 11) is 0. The molecule has 1 unspecified atom stereocenters. The van der Waals surface area contributed by atoms with Gasteiger partial charge in [0.1, 0.15) is 11.8 Å². The van der Waals surface area contributed by atoms with Gasteiger partial charge in [0, 0.05) is 31.7 Å². The predicted molar refractivity (Wildman–Crippen MR) is 76.9 cm³/mol. The van der Waals surface area contributed by atoms with Crippen molar-refractivity contribution in [2.24, 2.45) is 0 Å². The molecule has 1 aromatic carbocycles. The normalized spacial score (nSPS) is 18.9. The lowest BCUT2D eigenvalue weighted by molar-refractivity contribution is -0.144. The summed E-state index contributed by atoms with van der Waals surface area (Å²) < 4.78 is 0. The van der Waals surface area contributed by atoms with E-state index in [1.54, 1.807) is 18.2 Å². The number of phenols is 1. The molecule has 0 aliphatic carbocycles. The van der Waals surface area contributed by atoms with Crippen molar-refractivity contribution >= 4 is 5.97 Å². The maximum absolute atomic E-state index is 11.6. The summed E-state index contributed by atoms with van der Waals surface area (Å²) in [5, 5.41) is 19.5. The van der Waals surface area contributed by atoms with Crippen molar-refractivity contribution in [1.29, 1.82) is 0 Å². The van der Waals surface area contributed by atoms with Gasteiger partial charge < -0.3 is 15.1 Å². The molecule has 5 nitrogen and oxygen atoms in total. The van der Waals surface area contributed by atoms with Crippen LogP contribution in [-0.4, -0.2) is 58.7 Å². The second-order valence-corrected chi connectivity index (χ2v) is 5.27. The molecule has 20 heavy (non-hydrogen) atoms. The number of carboxylic acid groups (broad SMARTS) is 1. The molecule has 0 saturated carbocycles. The van der Waals surface area contributed by atoms with E-state index in [1.165, 1.54) is 0 Å². The van der Waals surface area contributed by atoms with Crippen LogP contribution >= 0.6 is 0 Å². The van der Waals surface area contributed by atoms with Gasteiger partial charge in [0.05, 0.1) is 0 Å². The Morgan fingerprint density at radius 3 is 2.50 bits per heavy atom. The Bertz CT molecular complexity index is 482. The van der Waals surface area contributed by atoms with Gasteiger partial charge in [-0.1, -0.05) is 24.6 Å². The third kappa shape index (κ3) is 3.11. The molecule has 5 heteroatoms. The van der Waals surface area contributed by atoms with Crippen molar-refractivity contribution in [1.82, 2.24) is 9.80 Å². The zero-order valence-corrected chi connectivity index (χ0v) is 12.0. The fourth-order valence-electron chi connectivity index (χ4n) is 2.72. The van der Waals surface area contributed by atoms with Crippen LogP contribution in [0.4, 0.5) is 0 Å². The van der Waals surface area contributed by atoms with Gasteiger partial charge in [-0.05, 0) is 19.5 Å². The van der Waals surface area contributed by atoms with Crippen molar-refractivity contribution in [3.63, 3.8) is 0 Å². The minimum Gasteiger partial charge on any atom is -0.508 e. The Morgan fingerprint density at radius 1 is 1.30 bits per heavy atom. The lowest BCUT2D eigenvalue weighted by Crippen LogP contribution is -2.49. The monoisotopic (exact) mass is 278 g/mol. The topological polar surface area (TPSA) is 64.0 Å². The molecular formula is C15H22N2O3. The van der Waals surface area contributed by atoms with Crippen molar-refractivity contribution in [3.8, 4) is 5.75 Å². The van der Waals surface area contributed by atoms with Crippen LogP contribution in [0.15, 0.2) is 18.2 Å². The lowest BCUT2D eigenvalue weighted by Gasteiger charge is -2.37. The van der Waals surface area contributed by atoms with Crippen LogP contribution in [0.25, 0.3) is 0 Å². The van der Waals surface area contributed by atoms with E-state index in [2.05, 4.69) is 11.8 Å². The molecule has 0 radical (unpaired) electrons. The molecule has 1 atom stereocenters. The summed E-state index contributed by atoms with van der Waals surface area (Å²) in [5.41, 5.74) is 1.44. The zero-order chi connectivity index (χ0) is 14.7. The molecule has 1 fully saturated rings. The number of phenolic OH excluding ortho intramolecular Hbond substituents is 1. The number of aryl methyl sites for hydroxylation is 1. The molecule has 1 aliphatic rings. The first-order valence-electron chi connectivity index (χ1n) is 7.01. The van der Waals surface area contributed by atoms with E-state index in [0.29, 0.717) is 18.7 Å². The highest BCUT2D eigenvalue weighted by atomic mass is 16.4. The average Bonchev–Trinajstić information content (AvgIpc) is 2.43. The van der Waals surface area contributed by atoms with Crippen molar-refractivity contribution < 1.29 is 15.0 Å². The largest absolute Gasteiger partial charge is 0.508 e. The molecule has 110 valence electrons. The minimum absolute atomic E-state index is 0.0564. The molecular weight excluding hydrogens is 256 g/mol. The van der Waals surface area contributed by atoms with Crippen LogP contribution in [0, 0.1) is 6.92 Å². The number of nitrogens with zero attached hydrogens (tertiary/aromatic N) is 2. The molecule has 2 rings (SSSR count). The Labute approximate surface area is 119 Å². The fourth-order valence-corrected chi connectivity index (χ4v) is 2.72. The second kappa shape index (κ2) is 6.24. The maximum Gasteiger partial charge on any atom is 0.325 e. The summed E-state index contributed by atoms with van der Waals surface area (Å²) in [5.74, 6) is -0.850. The van der Waals surface area contributed by atoms with Crippen molar-refractivity contribution in [3.05, 3.63) is 29.3 Å². The number of hydrogen-bond donors (Lipinski definition) is 2. The summed E-state index contributed by atoms with van der Waals surface area (Å²) >= 11 is 0. The number of carboxylic acids is 1. The highest BCUT2D eigenvalue weighted by Gasteiger charge is 2.31. The summed E-state index contributed by atoms with van der Waals surface area (Å²) in [4.78, 5) is 15.9. The van der Waals surface area contributed by atoms with Crippen LogP contribution in [-0.2, 0) is 4.79 Å². The van der Waals surface area contributed by atoms with Crippen LogP contribution in [0.2, 0.25) is 0 Å². The minimum atomic E-state index is -0.907. The van der Waals surface area contributed by atoms with Crippen molar-refractivity contribution in [2.45, 2.75) is 19.9 Å². The van der Waals surface area contributed by atoms with Gasteiger partial charge in [0.15, 0.2) is 0 Å². The molecule has 2 N–H and O–H groups in total. The van der Waals surface area contributed by atoms with Crippen LogP contribution in [0.1, 0.15) is 24.1 Å². The quantitative estimate of drug-likeness (QED) is 0.873. The fraction of sp³-hybridized carbons (Fsp3) is 0.533. The molecule has 1 aromatic rings. The zero-order valence-electron chi connectivity index (χ0n) is 12.0. The SMILES string of the molecule is CCN1CCN(C(C(=O)O)c2cc(C)ccc2O)CC1. The van der Waals surface area contributed by atoms with E-state index in [9.17, 15) is 15.0 Å². The van der Waals surface area contributed by atoms with Gasteiger partial charge in [-0.15, -0.1) is 0 Å². The molecule has 1 saturated heterocycles. The number of carbonyl (C=O) groups is 1. The first-order valence-corrected chi connectivity index (χ1v) is 7.01. The summed E-state index contributed by atoms with van der Waals surface area (Å²) in [6.07, 6.45) is 0. The van der Waals surface area contributed by atoms with Gasteiger partial charge in [-0.3, -0.25) is 9.69 Å². The van der Waals surface area contributed by atoms with E-state index in [1.807, 2.05) is 11.8 Å². The highest BCUT2D eigenvalue weighted by molar-refractivity contribution is 5.76. The summed E-state index contributed by atoms with van der Waals surface area (Å²) in [6, 6.07) is 4.35. The van der Waals surface area contributed by atoms with Gasteiger partial charge in [0.25, 0.3) is 0 Å². The number of rotatable bonds is 4. The van der Waals surface area contributed by atoms with Gasteiger partial charge in [0.2, 0.25) is 0 Å². The lowest BCUT2D eigenvalue weighted by atomic mass is 10.0. The number of benzene rings is 1. The molecule has 1 aliphatic heterocycles. The third-order valence-electron chi connectivity index (χ3n) is 3.93. The number of hydrogen-bond acceptors (Lipinski definition) is 4. The van der Waals surface area contributed by atoms with Gasteiger partial charge >= 0.3 is 5.97 Å². The molecule has 0 aromatic heterocycles. The number of aliphatic carboxylic acids is 1. The molecule has 0 amide bonds. The highest BCUT2D eigenvalue weighted by Crippen LogP contribution is 2.30. The van der Waals surface area contributed by atoms with Crippen LogP contribution < -0.4 is 0 Å². The Morgan fingerprint density at radius 2 is 1.95 bits per heavy atom. The predicted octanol–water partition coefficient (Wildman–Crippen LogP) is 1.46. The first kappa shape index (κ1) is 14.8. The molecule has 0 bridgehead atoms. The average molecular weight is 278 g/mol. The second-order valence-electron chi connectivity index (χ2n) is 5.27. The van der Waals surface area contributed by atoms with E-state index >= 15 is 0 Å². The first-order chi connectivity index (χ1) is 9.52. The van der Waals surface area contributed by atoms with Crippen LogP contribution in [0.5, 0.6) is 5.75 Å². The van der Waals surface area contributed by atoms with E-state index in [4.69, 9.17) is 0 Å². The Kier molecular flexibility index (Phi) is 4.62. The smallest absolute Gasteiger partial charge is 0.325 e. The Hall–Kier alpha value is -1.59. The summed E-state index contributed by atoms with van der Waals surface area (Å²) in [6.45, 7) is 8.14. The van der Waals surface area contributed by atoms with Gasteiger partial charge in [-0.2, -0.15) is 0 Å². The van der Waals surface area contributed by atoms with E-state index in [0.717, 1.165) is 25.2 Å². The third-order valence-corrected chi connectivity index (χ3v) is 3.93. The number of piperazine rings is 1. The maximum atomic E-state index is 11.6. The molecule has 1 heterocycles.